The predicted molar refractivity (Wildman–Crippen MR) is 122 cm³/mol. The van der Waals surface area contributed by atoms with Gasteiger partial charge < -0.3 is 15.7 Å². The average molecular weight is 462 g/mol. The monoisotopic (exact) mass is 461 g/mol. The number of amides is 3. The molecule has 3 amide bonds. The van der Waals surface area contributed by atoms with Gasteiger partial charge in [0, 0.05) is 11.6 Å². The van der Waals surface area contributed by atoms with Crippen molar-refractivity contribution in [1.29, 1.82) is 0 Å². The third-order valence-electron chi connectivity index (χ3n) is 6.57. The summed E-state index contributed by atoms with van der Waals surface area (Å²) >= 11 is 12.2. The third kappa shape index (κ3) is 3.77. The third-order valence-corrected chi connectivity index (χ3v) is 7.31. The Bertz CT molecular complexity index is 1030. The molecule has 2 aromatic rings. The molecule has 0 spiro atoms. The van der Waals surface area contributed by atoms with E-state index in [9.17, 15) is 14.7 Å². The van der Waals surface area contributed by atoms with E-state index in [0.717, 1.165) is 24.2 Å². The maximum Gasteiger partial charge on any atom is 0.329 e. The van der Waals surface area contributed by atoms with E-state index in [1.54, 1.807) is 30.3 Å². The van der Waals surface area contributed by atoms with Crippen molar-refractivity contribution in [2.24, 2.45) is 11.8 Å². The lowest BCUT2D eigenvalue weighted by atomic mass is 9.78. The Kier molecular flexibility index (Phi) is 5.90. The van der Waals surface area contributed by atoms with Crippen LogP contribution in [0.5, 0.6) is 0 Å². The zero-order valence-electron chi connectivity index (χ0n) is 17.4. The highest BCUT2D eigenvalue weighted by molar-refractivity contribution is 6.42. The van der Waals surface area contributed by atoms with Crippen LogP contribution in [-0.2, 0) is 10.5 Å². The van der Waals surface area contributed by atoms with Crippen molar-refractivity contribution in [2.75, 3.05) is 10.2 Å². The first-order valence-electron chi connectivity index (χ1n) is 10.4. The molecule has 4 rings (SSSR count). The highest BCUT2D eigenvalue weighted by atomic mass is 35.5. The summed E-state index contributed by atoms with van der Waals surface area (Å²) in [6.07, 6.45) is 2.94. The van der Waals surface area contributed by atoms with Gasteiger partial charge >= 0.3 is 6.03 Å². The summed E-state index contributed by atoms with van der Waals surface area (Å²) in [6, 6.07) is 10.5. The van der Waals surface area contributed by atoms with Crippen molar-refractivity contribution in [1.82, 2.24) is 5.32 Å². The van der Waals surface area contributed by atoms with Crippen molar-refractivity contribution in [3.63, 3.8) is 0 Å². The largest absolute Gasteiger partial charge is 0.359 e. The lowest BCUT2D eigenvalue weighted by molar-refractivity contribution is -0.141. The zero-order valence-corrected chi connectivity index (χ0v) is 18.9. The van der Waals surface area contributed by atoms with Crippen LogP contribution in [-0.4, -0.2) is 23.1 Å². The summed E-state index contributed by atoms with van der Waals surface area (Å²) in [7, 11) is 0. The minimum absolute atomic E-state index is 0.0897. The van der Waals surface area contributed by atoms with E-state index >= 15 is 0 Å². The van der Waals surface area contributed by atoms with Gasteiger partial charge in [0.05, 0.1) is 21.4 Å². The van der Waals surface area contributed by atoms with Crippen LogP contribution in [0.25, 0.3) is 0 Å². The van der Waals surface area contributed by atoms with E-state index in [2.05, 4.69) is 24.5 Å². The highest BCUT2D eigenvalue weighted by Gasteiger charge is 2.52. The van der Waals surface area contributed by atoms with Gasteiger partial charge in [-0.1, -0.05) is 68.1 Å². The molecule has 8 heteroatoms. The predicted octanol–water partition coefficient (Wildman–Crippen LogP) is 5.13. The van der Waals surface area contributed by atoms with Crippen molar-refractivity contribution in [3.8, 4) is 0 Å². The van der Waals surface area contributed by atoms with E-state index in [4.69, 9.17) is 23.2 Å². The van der Waals surface area contributed by atoms with Crippen molar-refractivity contribution in [3.05, 3.63) is 58.1 Å². The molecule has 1 heterocycles. The number of aliphatic hydroxyl groups is 1. The molecule has 0 radical (unpaired) electrons. The number of halogens is 2. The standard InChI is InChI=1S/C23H25Cl2N3O3/c1-13-6-5-9-19(14(13)2)26-21(29)23(31)16-7-3-4-8-20(16)27-22(30)28(23)15-10-11-17(24)18(25)12-15/h3-4,7-8,10-14,19,31H,5-6,9H2,1-2H3,(H,26,29)(H,27,30)/t13-,14+,19-,23+/m0/s1. The molecule has 1 aliphatic heterocycles. The molecular weight excluding hydrogens is 437 g/mol. The van der Waals surface area contributed by atoms with Gasteiger partial charge in [-0.25, -0.2) is 4.79 Å². The number of carbonyl (C=O) groups is 2. The molecule has 0 aromatic heterocycles. The molecule has 2 aromatic carbocycles. The minimum Gasteiger partial charge on any atom is -0.359 e. The van der Waals surface area contributed by atoms with Gasteiger partial charge in [0.15, 0.2) is 0 Å². The summed E-state index contributed by atoms with van der Waals surface area (Å²) in [5, 5.41) is 18.2. The lowest BCUT2D eigenvalue weighted by Crippen LogP contribution is -2.64. The summed E-state index contributed by atoms with van der Waals surface area (Å²) in [5.74, 6) is 0.0704. The Morgan fingerprint density at radius 1 is 1.16 bits per heavy atom. The fraction of sp³-hybridized carbons (Fsp3) is 0.391. The summed E-state index contributed by atoms with van der Waals surface area (Å²) < 4.78 is 0. The smallest absolute Gasteiger partial charge is 0.329 e. The number of carbonyl (C=O) groups excluding carboxylic acids is 2. The second-order valence-electron chi connectivity index (χ2n) is 8.43. The number of fused-ring (bicyclic) bond motifs is 1. The number of hydrogen-bond acceptors (Lipinski definition) is 3. The van der Waals surface area contributed by atoms with Gasteiger partial charge in [-0.3, -0.25) is 9.69 Å². The Labute approximate surface area is 191 Å². The molecule has 164 valence electrons. The lowest BCUT2D eigenvalue weighted by Gasteiger charge is -2.44. The number of anilines is 2. The SMILES string of the molecule is C[C@H]1[C@@H](NC(=O)[C@]2(O)c3ccccc3NC(=O)N2c2ccc(Cl)c(Cl)c2)CCC[C@@H]1C. The van der Waals surface area contributed by atoms with E-state index in [0.29, 0.717) is 16.6 Å². The van der Waals surface area contributed by atoms with Gasteiger partial charge in [0.25, 0.3) is 11.6 Å². The fourth-order valence-electron chi connectivity index (χ4n) is 4.54. The van der Waals surface area contributed by atoms with Gasteiger partial charge in [0.1, 0.15) is 0 Å². The molecule has 3 N–H and O–H groups in total. The normalized spacial score (nSPS) is 28.0. The molecule has 31 heavy (non-hydrogen) atoms. The number of nitrogens with one attached hydrogen (secondary N) is 2. The van der Waals surface area contributed by atoms with Gasteiger partial charge in [-0.05, 0) is 42.5 Å². The van der Waals surface area contributed by atoms with Crippen LogP contribution in [0.2, 0.25) is 10.0 Å². The highest BCUT2D eigenvalue weighted by Crippen LogP contribution is 2.41. The van der Waals surface area contributed by atoms with Crippen LogP contribution in [0.4, 0.5) is 16.2 Å². The van der Waals surface area contributed by atoms with Gasteiger partial charge in [-0.15, -0.1) is 0 Å². The number of para-hydroxylation sites is 1. The summed E-state index contributed by atoms with van der Waals surface area (Å²) in [4.78, 5) is 27.8. The van der Waals surface area contributed by atoms with Crippen molar-refractivity contribution < 1.29 is 14.7 Å². The minimum atomic E-state index is -2.25. The Morgan fingerprint density at radius 3 is 2.65 bits per heavy atom. The first-order chi connectivity index (χ1) is 14.7. The number of nitrogens with zero attached hydrogens (tertiary/aromatic N) is 1. The molecule has 0 saturated heterocycles. The number of urea groups is 1. The molecule has 1 fully saturated rings. The quantitative estimate of drug-likeness (QED) is 0.592. The van der Waals surface area contributed by atoms with Gasteiger partial charge in [0.2, 0.25) is 0 Å². The molecule has 0 bridgehead atoms. The maximum absolute atomic E-state index is 13.6. The Morgan fingerprint density at radius 2 is 1.90 bits per heavy atom. The number of rotatable bonds is 3. The molecule has 1 saturated carbocycles. The van der Waals surface area contributed by atoms with Crippen LogP contribution in [0.3, 0.4) is 0 Å². The van der Waals surface area contributed by atoms with Crippen LogP contribution in [0, 0.1) is 11.8 Å². The van der Waals surface area contributed by atoms with Crippen molar-refractivity contribution in [2.45, 2.75) is 44.9 Å². The maximum atomic E-state index is 13.6. The van der Waals surface area contributed by atoms with E-state index in [-0.39, 0.29) is 28.2 Å². The van der Waals surface area contributed by atoms with E-state index in [1.165, 1.54) is 12.1 Å². The topological polar surface area (TPSA) is 81.7 Å². The Balaban J connectivity index is 1.79. The first-order valence-corrected chi connectivity index (χ1v) is 11.2. The zero-order chi connectivity index (χ0) is 22.3. The van der Waals surface area contributed by atoms with Gasteiger partial charge in [-0.2, -0.15) is 0 Å². The molecule has 0 unspecified atom stereocenters. The second-order valence-corrected chi connectivity index (χ2v) is 9.24. The number of benzene rings is 2. The van der Waals surface area contributed by atoms with Crippen LogP contribution in [0.15, 0.2) is 42.5 Å². The summed E-state index contributed by atoms with van der Waals surface area (Å²) in [6.45, 7) is 4.28. The fourth-order valence-corrected chi connectivity index (χ4v) is 4.83. The van der Waals surface area contributed by atoms with E-state index < -0.39 is 17.7 Å². The van der Waals surface area contributed by atoms with Crippen LogP contribution >= 0.6 is 23.2 Å². The van der Waals surface area contributed by atoms with Crippen LogP contribution in [0.1, 0.15) is 38.7 Å². The van der Waals surface area contributed by atoms with Crippen LogP contribution < -0.4 is 15.5 Å². The molecular formula is C23H25Cl2N3O3. The molecule has 6 nitrogen and oxygen atoms in total. The average Bonchev–Trinajstić information content (AvgIpc) is 2.74. The van der Waals surface area contributed by atoms with E-state index in [1.807, 2.05) is 0 Å². The number of hydrogen-bond donors (Lipinski definition) is 3. The van der Waals surface area contributed by atoms with Crippen molar-refractivity contribution >= 4 is 46.5 Å². The first kappa shape index (κ1) is 21.9. The molecule has 2 aliphatic rings. The Hall–Kier alpha value is -2.28. The molecule has 1 aliphatic carbocycles. The second kappa shape index (κ2) is 8.34. The summed E-state index contributed by atoms with van der Waals surface area (Å²) in [5.41, 5.74) is -1.33. The molecule has 4 atom stereocenters.